The molecule has 1 amide bonds. The Kier molecular flexibility index (Phi) is 4.11. The van der Waals surface area contributed by atoms with Crippen molar-refractivity contribution in [1.82, 2.24) is 15.1 Å². The van der Waals surface area contributed by atoms with E-state index in [9.17, 15) is 4.79 Å². The third-order valence-corrected chi connectivity index (χ3v) is 3.30. The van der Waals surface area contributed by atoms with Crippen LogP contribution in [-0.4, -0.2) is 15.7 Å². The van der Waals surface area contributed by atoms with Gasteiger partial charge in [0.25, 0.3) is 5.91 Å². The second-order valence-corrected chi connectivity index (χ2v) is 5.37. The van der Waals surface area contributed by atoms with Crippen LogP contribution in [0.5, 0.6) is 0 Å². The van der Waals surface area contributed by atoms with E-state index in [1.54, 1.807) is 36.1 Å². The Hall–Kier alpha value is -1.53. The minimum absolute atomic E-state index is 0.216. The van der Waals surface area contributed by atoms with E-state index in [4.69, 9.17) is 17.3 Å². The minimum Gasteiger partial charge on any atom is -0.384 e. The quantitative estimate of drug-likeness (QED) is 0.898. The van der Waals surface area contributed by atoms with Gasteiger partial charge >= 0.3 is 0 Å². The number of amides is 1. The van der Waals surface area contributed by atoms with Gasteiger partial charge in [-0.05, 0) is 18.2 Å². The van der Waals surface area contributed by atoms with E-state index >= 15 is 0 Å². The molecule has 0 atom stereocenters. The van der Waals surface area contributed by atoms with Crippen LogP contribution in [0, 0.1) is 0 Å². The van der Waals surface area contributed by atoms with Crippen molar-refractivity contribution in [1.29, 1.82) is 0 Å². The lowest BCUT2D eigenvalue weighted by Gasteiger charge is -2.06. The standard InChI is InChI=1S/C12H12BrClN4O/c1-18-11(15)8(6-17-18)5-16-12(19)7-2-9(13)4-10(14)3-7/h2-4,6H,5,15H2,1H3,(H,16,19). The highest BCUT2D eigenvalue weighted by Gasteiger charge is 2.10. The van der Waals surface area contributed by atoms with E-state index in [1.807, 2.05) is 0 Å². The predicted molar refractivity (Wildman–Crippen MR) is 77.9 cm³/mol. The highest BCUT2D eigenvalue weighted by atomic mass is 79.9. The topological polar surface area (TPSA) is 72.9 Å². The monoisotopic (exact) mass is 342 g/mol. The van der Waals surface area contributed by atoms with Crippen LogP contribution in [0.4, 0.5) is 5.82 Å². The SMILES string of the molecule is Cn1ncc(CNC(=O)c2cc(Cl)cc(Br)c2)c1N. The molecule has 7 heteroatoms. The summed E-state index contributed by atoms with van der Waals surface area (Å²) in [6.07, 6.45) is 1.63. The highest BCUT2D eigenvalue weighted by Crippen LogP contribution is 2.19. The number of carbonyl (C=O) groups is 1. The molecule has 0 fully saturated rings. The molecule has 3 N–H and O–H groups in total. The zero-order valence-corrected chi connectivity index (χ0v) is 12.5. The fraction of sp³-hybridized carbons (Fsp3) is 0.167. The van der Waals surface area contributed by atoms with Crippen LogP contribution < -0.4 is 11.1 Å². The van der Waals surface area contributed by atoms with Gasteiger partial charge in [0.2, 0.25) is 0 Å². The van der Waals surface area contributed by atoms with Gasteiger partial charge in [0.1, 0.15) is 5.82 Å². The van der Waals surface area contributed by atoms with E-state index < -0.39 is 0 Å². The average Bonchev–Trinajstić information content (AvgIpc) is 2.66. The maximum atomic E-state index is 12.0. The fourth-order valence-corrected chi connectivity index (χ4v) is 2.45. The van der Waals surface area contributed by atoms with Crippen molar-refractivity contribution in [3.05, 3.63) is 45.0 Å². The largest absolute Gasteiger partial charge is 0.384 e. The number of nitrogens with two attached hydrogens (primary N) is 1. The Morgan fingerprint density at radius 2 is 2.26 bits per heavy atom. The smallest absolute Gasteiger partial charge is 0.251 e. The summed E-state index contributed by atoms with van der Waals surface area (Å²) in [6, 6.07) is 5.03. The van der Waals surface area contributed by atoms with E-state index in [0.29, 0.717) is 22.9 Å². The molecule has 0 saturated heterocycles. The van der Waals surface area contributed by atoms with Gasteiger partial charge in [-0.25, -0.2) is 0 Å². The Balaban J connectivity index is 2.07. The summed E-state index contributed by atoms with van der Waals surface area (Å²) in [7, 11) is 1.74. The first-order valence-corrected chi connectivity index (χ1v) is 6.65. The first-order valence-electron chi connectivity index (χ1n) is 5.48. The third-order valence-electron chi connectivity index (χ3n) is 2.63. The molecule has 0 saturated carbocycles. The molecule has 0 aliphatic rings. The normalized spacial score (nSPS) is 10.5. The van der Waals surface area contributed by atoms with Gasteiger partial charge in [0.05, 0.1) is 6.20 Å². The van der Waals surface area contributed by atoms with Crippen LogP contribution in [0.3, 0.4) is 0 Å². The van der Waals surface area contributed by atoms with Crippen molar-refractivity contribution < 1.29 is 4.79 Å². The van der Waals surface area contributed by atoms with Gasteiger partial charge in [-0.1, -0.05) is 27.5 Å². The summed E-state index contributed by atoms with van der Waals surface area (Å²) in [6.45, 7) is 0.322. The predicted octanol–water partition coefficient (Wildman–Crippen LogP) is 2.35. The zero-order chi connectivity index (χ0) is 14.0. The Morgan fingerprint density at radius 1 is 1.53 bits per heavy atom. The average molecular weight is 344 g/mol. The van der Waals surface area contributed by atoms with Crippen molar-refractivity contribution in [3.8, 4) is 0 Å². The minimum atomic E-state index is -0.216. The zero-order valence-electron chi connectivity index (χ0n) is 10.2. The summed E-state index contributed by atoms with van der Waals surface area (Å²) in [5, 5.41) is 7.28. The maximum Gasteiger partial charge on any atom is 0.251 e. The number of carbonyl (C=O) groups excluding carboxylic acids is 1. The molecular weight excluding hydrogens is 332 g/mol. The number of halogens is 2. The third kappa shape index (κ3) is 3.27. The molecule has 0 aliphatic heterocycles. The second-order valence-electron chi connectivity index (χ2n) is 4.02. The van der Waals surface area contributed by atoms with E-state index in [0.717, 1.165) is 10.0 Å². The van der Waals surface area contributed by atoms with E-state index in [-0.39, 0.29) is 5.91 Å². The van der Waals surface area contributed by atoms with Crippen molar-refractivity contribution >= 4 is 39.3 Å². The van der Waals surface area contributed by atoms with Crippen LogP contribution in [-0.2, 0) is 13.6 Å². The summed E-state index contributed by atoms with van der Waals surface area (Å²) in [5.74, 6) is 0.319. The number of nitrogens with one attached hydrogen (secondary N) is 1. The van der Waals surface area contributed by atoms with Gasteiger partial charge in [0.15, 0.2) is 0 Å². The van der Waals surface area contributed by atoms with Crippen LogP contribution in [0.1, 0.15) is 15.9 Å². The number of rotatable bonds is 3. The number of hydrogen-bond acceptors (Lipinski definition) is 3. The lowest BCUT2D eigenvalue weighted by atomic mass is 10.2. The van der Waals surface area contributed by atoms with Crippen molar-refractivity contribution in [3.63, 3.8) is 0 Å². The van der Waals surface area contributed by atoms with Crippen molar-refractivity contribution in [2.24, 2.45) is 7.05 Å². The summed E-state index contributed by atoms with van der Waals surface area (Å²) < 4.78 is 2.31. The molecule has 100 valence electrons. The Morgan fingerprint density at radius 3 is 2.84 bits per heavy atom. The van der Waals surface area contributed by atoms with Crippen LogP contribution in [0.2, 0.25) is 5.02 Å². The first-order chi connectivity index (χ1) is 8.97. The maximum absolute atomic E-state index is 12.0. The molecular formula is C12H12BrClN4O. The number of hydrogen-bond donors (Lipinski definition) is 2. The lowest BCUT2D eigenvalue weighted by Crippen LogP contribution is -2.23. The molecule has 1 aromatic heterocycles. The molecule has 19 heavy (non-hydrogen) atoms. The molecule has 0 spiro atoms. The lowest BCUT2D eigenvalue weighted by molar-refractivity contribution is 0.0951. The molecule has 0 unspecified atom stereocenters. The van der Waals surface area contributed by atoms with Crippen LogP contribution in [0.15, 0.2) is 28.9 Å². The number of aryl methyl sites for hydroxylation is 1. The molecule has 0 aliphatic carbocycles. The Labute approximate surface area is 123 Å². The summed E-state index contributed by atoms with van der Waals surface area (Å²) in [5.41, 5.74) is 7.06. The molecule has 5 nitrogen and oxygen atoms in total. The van der Waals surface area contributed by atoms with Gasteiger partial charge in [-0.3, -0.25) is 9.48 Å². The van der Waals surface area contributed by atoms with Crippen molar-refractivity contribution in [2.75, 3.05) is 5.73 Å². The number of anilines is 1. The highest BCUT2D eigenvalue weighted by molar-refractivity contribution is 9.10. The van der Waals surface area contributed by atoms with E-state index in [1.165, 1.54) is 0 Å². The number of aromatic nitrogens is 2. The van der Waals surface area contributed by atoms with Gasteiger partial charge in [-0.2, -0.15) is 5.10 Å². The molecule has 0 bridgehead atoms. The molecule has 0 radical (unpaired) electrons. The van der Waals surface area contributed by atoms with Crippen LogP contribution >= 0.6 is 27.5 Å². The number of nitrogens with zero attached hydrogens (tertiary/aromatic N) is 2. The molecule has 2 rings (SSSR count). The Bertz CT molecular complexity index is 606. The summed E-state index contributed by atoms with van der Waals surface area (Å²) >= 11 is 9.19. The molecule has 1 aromatic carbocycles. The van der Waals surface area contributed by atoms with Gasteiger partial charge in [0, 0.05) is 34.2 Å². The second kappa shape index (κ2) is 5.63. The number of benzene rings is 1. The molecule has 2 aromatic rings. The number of nitrogen functional groups attached to an aromatic ring is 1. The molecule has 1 heterocycles. The van der Waals surface area contributed by atoms with Gasteiger partial charge < -0.3 is 11.1 Å². The fourth-order valence-electron chi connectivity index (χ4n) is 1.59. The first kappa shape index (κ1) is 13.9. The van der Waals surface area contributed by atoms with Gasteiger partial charge in [-0.15, -0.1) is 0 Å². The van der Waals surface area contributed by atoms with Crippen molar-refractivity contribution in [2.45, 2.75) is 6.54 Å². The van der Waals surface area contributed by atoms with E-state index in [2.05, 4.69) is 26.3 Å². The van der Waals surface area contributed by atoms with Crippen LogP contribution in [0.25, 0.3) is 0 Å². The summed E-state index contributed by atoms with van der Waals surface area (Å²) in [4.78, 5) is 12.0.